The van der Waals surface area contributed by atoms with Gasteiger partial charge in [-0.1, -0.05) is 51.0 Å². The van der Waals surface area contributed by atoms with Crippen LogP contribution in [0.4, 0.5) is 11.4 Å². The van der Waals surface area contributed by atoms with E-state index in [0.29, 0.717) is 13.0 Å². The smallest absolute Gasteiger partial charge is 0.264 e. The second kappa shape index (κ2) is 9.63. The molecule has 2 aromatic rings. The van der Waals surface area contributed by atoms with Gasteiger partial charge in [-0.2, -0.15) is 8.42 Å². The van der Waals surface area contributed by atoms with Crippen LogP contribution in [0.25, 0.3) is 0 Å². The molecule has 158 valence electrons. The van der Waals surface area contributed by atoms with E-state index in [1.807, 2.05) is 24.3 Å². The topological polar surface area (TPSA) is 66.8 Å². The fourth-order valence-electron chi connectivity index (χ4n) is 3.86. The normalized spacial score (nSPS) is 13.0. The Balaban J connectivity index is 2.02. The summed E-state index contributed by atoms with van der Waals surface area (Å²) in [7, 11) is -3.98. The highest BCUT2D eigenvalue weighted by Crippen LogP contribution is 2.50. The Morgan fingerprint density at radius 2 is 1.59 bits per heavy atom. The molecule has 1 aliphatic heterocycles. The summed E-state index contributed by atoms with van der Waals surface area (Å²) >= 11 is 0. The second-order valence-electron chi connectivity index (χ2n) is 7.63. The highest BCUT2D eigenvalue weighted by atomic mass is 32.2. The van der Waals surface area contributed by atoms with Gasteiger partial charge in [0.05, 0.1) is 17.1 Å². The molecule has 0 aliphatic carbocycles. The lowest BCUT2D eigenvalue weighted by Gasteiger charge is -2.35. The van der Waals surface area contributed by atoms with Gasteiger partial charge in [0.15, 0.2) is 11.5 Å². The maximum atomic E-state index is 11.3. The van der Waals surface area contributed by atoms with Gasteiger partial charge in [0.1, 0.15) is 0 Å². The van der Waals surface area contributed by atoms with Crippen LogP contribution in [0.3, 0.4) is 0 Å². The van der Waals surface area contributed by atoms with Crippen LogP contribution >= 0.6 is 0 Å². The van der Waals surface area contributed by atoms with Crippen LogP contribution in [0, 0.1) is 0 Å². The fraction of sp³-hybridized carbons (Fsp3) is 0.478. The molecule has 0 saturated carbocycles. The lowest BCUT2D eigenvalue weighted by molar-refractivity contribution is 0.463. The van der Waals surface area contributed by atoms with Crippen LogP contribution in [0.1, 0.15) is 57.1 Å². The molecule has 2 aromatic carbocycles. The molecule has 1 N–H and O–H groups in total. The molecular formula is C23H31NO4S. The van der Waals surface area contributed by atoms with Gasteiger partial charge in [-0.15, -0.1) is 0 Å². The maximum absolute atomic E-state index is 11.3. The lowest BCUT2D eigenvalue weighted by atomic mass is 10.00. The molecule has 0 atom stereocenters. The van der Waals surface area contributed by atoms with E-state index in [9.17, 15) is 13.0 Å². The van der Waals surface area contributed by atoms with E-state index in [-0.39, 0.29) is 5.75 Å². The first-order chi connectivity index (χ1) is 13.9. The average Bonchev–Trinajstić information content (AvgIpc) is 2.69. The van der Waals surface area contributed by atoms with Gasteiger partial charge in [0.25, 0.3) is 10.1 Å². The van der Waals surface area contributed by atoms with Crippen molar-refractivity contribution < 1.29 is 17.7 Å². The van der Waals surface area contributed by atoms with Crippen LogP contribution in [0.5, 0.6) is 11.5 Å². The first-order valence-corrected chi connectivity index (χ1v) is 12.2. The molecule has 0 unspecified atom stereocenters. The molecule has 0 bridgehead atoms. The van der Waals surface area contributed by atoms with Crippen molar-refractivity contribution in [2.24, 2.45) is 0 Å². The Kier molecular flexibility index (Phi) is 7.19. The largest absolute Gasteiger partial charge is 0.453 e. The first kappa shape index (κ1) is 21.7. The summed E-state index contributed by atoms with van der Waals surface area (Å²) in [6.07, 6.45) is 6.63. The van der Waals surface area contributed by atoms with E-state index < -0.39 is 10.1 Å². The first-order valence-electron chi connectivity index (χ1n) is 10.6. The zero-order valence-electron chi connectivity index (χ0n) is 17.4. The molecule has 0 aromatic heterocycles. The van der Waals surface area contributed by atoms with Gasteiger partial charge in [-0.3, -0.25) is 4.55 Å². The molecule has 1 aliphatic rings. The third kappa shape index (κ3) is 5.31. The second-order valence-corrected chi connectivity index (χ2v) is 9.20. The standard InChI is InChI=1S/C23H31NO4S/c1-3-5-10-18-12-8-15-21-22(18)24(16-9-17-29(25,26)27)20-14-7-13-19(11-6-4-2)23(20)28-21/h7-8,12-15H,3-6,9-11,16-17H2,1-2H3,(H,25,26,27). The molecule has 0 saturated heterocycles. The summed E-state index contributed by atoms with van der Waals surface area (Å²) in [5.41, 5.74) is 4.39. The van der Waals surface area contributed by atoms with E-state index in [1.54, 1.807) is 0 Å². The van der Waals surface area contributed by atoms with Crippen molar-refractivity contribution >= 4 is 21.5 Å². The Bertz CT molecular complexity index is 940. The Morgan fingerprint density at radius 3 is 2.28 bits per heavy atom. The Labute approximate surface area is 174 Å². The van der Waals surface area contributed by atoms with Crippen LogP contribution < -0.4 is 9.64 Å². The monoisotopic (exact) mass is 417 g/mol. The summed E-state index contributed by atoms with van der Waals surface area (Å²) in [5.74, 6) is 1.44. The number of hydrogen-bond acceptors (Lipinski definition) is 4. The third-order valence-corrected chi connectivity index (χ3v) is 6.12. The van der Waals surface area contributed by atoms with E-state index in [0.717, 1.165) is 61.4 Å². The van der Waals surface area contributed by atoms with Gasteiger partial charge in [0.2, 0.25) is 0 Å². The Morgan fingerprint density at radius 1 is 0.931 bits per heavy atom. The van der Waals surface area contributed by atoms with Gasteiger partial charge >= 0.3 is 0 Å². The van der Waals surface area contributed by atoms with Crippen LogP contribution in [-0.4, -0.2) is 25.3 Å². The number of unbranched alkanes of at least 4 members (excludes halogenated alkanes) is 2. The molecule has 6 heteroatoms. The SMILES string of the molecule is CCCCc1cccc2c1Oc1cccc(CCCC)c1N2CCCS(=O)(=O)O. The van der Waals surface area contributed by atoms with Crippen LogP contribution in [0.15, 0.2) is 36.4 Å². The Hall–Kier alpha value is -2.05. The van der Waals surface area contributed by atoms with Crippen molar-refractivity contribution in [3.8, 4) is 11.5 Å². The van der Waals surface area contributed by atoms with Crippen LogP contribution in [0.2, 0.25) is 0 Å². The summed E-state index contributed by atoms with van der Waals surface area (Å²) in [6.45, 7) is 4.85. The molecule has 29 heavy (non-hydrogen) atoms. The van der Waals surface area contributed by atoms with E-state index in [1.165, 1.54) is 11.1 Å². The fourth-order valence-corrected chi connectivity index (χ4v) is 4.35. The molecule has 0 fully saturated rings. The molecule has 5 nitrogen and oxygen atoms in total. The average molecular weight is 418 g/mol. The van der Waals surface area contributed by atoms with Crippen molar-refractivity contribution in [1.29, 1.82) is 0 Å². The number of ether oxygens (including phenoxy) is 1. The summed E-state index contributed by atoms with van der Waals surface area (Å²) in [5, 5.41) is 0. The van der Waals surface area contributed by atoms with E-state index >= 15 is 0 Å². The van der Waals surface area contributed by atoms with Crippen molar-refractivity contribution in [1.82, 2.24) is 0 Å². The zero-order chi connectivity index (χ0) is 20.9. The molecule has 1 heterocycles. The predicted octanol–water partition coefficient (Wildman–Crippen LogP) is 5.89. The summed E-state index contributed by atoms with van der Waals surface area (Å²) < 4.78 is 38.1. The van der Waals surface area contributed by atoms with Crippen LogP contribution in [-0.2, 0) is 23.0 Å². The number of hydrogen-bond donors (Lipinski definition) is 1. The lowest BCUT2D eigenvalue weighted by Crippen LogP contribution is -2.26. The number of rotatable bonds is 10. The van der Waals surface area contributed by atoms with Crippen molar-refractivity contribution in [3.63, 3.8) is 0 Å². The van der Waals surface area contributed by atoms with Crippen molar-refractivity contribution in [2.75, 3.05) is 17.2 Å². The molecule has 0 radical (unpaired) electrons. The molecule has 3 rings (SSSR count). The number of aryl methyl sites for hydroxylation is 2. The minimum atomic E-state index is -3.98. The molecular weight excluding hydrogens is 386 g/mol. The molecule has 0 spiro atoms. The minimum Gasteiger partial charge on any atom is -0.453 e. The number of benzene rings is 2. The number of anilines is 2. The number of fused-ring (bicyclic) bond motifs is 2. The zero-order valence-corrected chi connectivity index (χ0v) is 18.2. The highest BCUT2D eigenvalue weighted by molar-refractivity contribution is 7.85. The van der Waals surface area contributed by atoms with Crippen molar-refractivity contribution in [2.45, 2.75) is 58.8 Å². The highest BCUT2D eigenvalue weighted by Gasteiger charge is 2.28. The van der Waals surface area contributed by atoms with Gasteiger partial charge in [-0.25, -0.2) is 0 Å². The van der Waals surface area contributed by atoms with E-state index in [4.69, 9.17) is 4.74 Å². The minimum absolute atomic E-state index is 0.248. The maximum Gasteiger partial charge on any atom is 0.264 e. The number of nitrogens with zero attached hydrogens (tertiary/aromatic N) is 1. The van der Waals surface area contributed by atoms with Gasteiger partial charge in [-0.05, 0) is 55.4 Å². The predicted molar refractivity (Wildman–Crippen MR) is 118 cm³/mol. The molecule has 0 amide bonds. The third-order valence-electron chi connectivity index (χ3n) is 5.31. The summed E-state index contributed by atoms with van der Waals surface area (Å²) in [6, 6.07) is 12.3. The number of para-hydroxylation sites is 2. The van der Waals surface area contributed by atoms with Crippen molar-refractivity contribution in [3.05, 3.63) is 47.5 Å². The van der Waals surface area contributed by atoms with Gasteiger partial charge < -0.3 is 9.64 Å². The summed E-state index contributed by atoms with van der Waals surface area (Å²) in [4.78, 5) is 2.18. The quantitative estimate of drug-likeness (QED) is 0.488. The van der Waals surface area contributed by atoms with E-state index in [2.05, 4.69) is 30.9 Å². The van der Waals surface area contributed by atoms with Gasteiger partial charge in [0, 0.05) is 6.54 Å².